The summed E-state index contributed by atoms with van der Waals surface area (Å²) >= 11 is 0. The molecule has 1 aliphatic rings. The molecule has 0 bridgehead atoms. The zero-order valence-corrected chi connectivity index (χ0v) is 12.1. The van der Waals surface area contributed by atoms with Gasteiger partial charge in [0.15, 0.2) is 0 Å². The highest BCUT2D eigenvalue weighted by molar-refractivity contribution is 4.94. The normalized spacial score (nSPS) is 18.5. The molecular formula is C14H29NO4. The average molecular weight is 275 g/mol. The first-order valence-corrected chi connectivity index (χ1v) is 7.37. The van der Waals surface area contributed by atoms with Gasteiger partial charge < -0.3 is 25.0 Å². The SMILES string of the molecule is CCCCOCCOCC(O)CNCC1(CO)CC1. The summed E-state index contributed by atoms with van der Waals surface area (Å²) in [6, 6.07) is 0. The second kappa shape index (κ2) is 9.66. The van der Waals surface area contributed by atoms with Crippen LogP contribution in [0, 0.1) is 5.41 Å². The fourth-order valence-corrected chi connectivity index (χ4v) is 1.82. The third-order valence-corrected chi connectivity index (χ3v) is 3.50. The molecule has 0 aromatic heterocycles. The number of unbranched alkanes of at least 4 members (excludes halogenated alkanes) is 1. The van der Waals surface area contributed by atoms with Crippen LogP contribution in [0.25, 0.3) is 0 Å². The van der Waals surface area contributed by atoms with Crippen molar-refractivity contribution in [3.63, 3.8) is 0 Å². The quantitative estimate of drug-likeness (QED) is 0.428. The van der Waals surface area contributed by atoms with E-state index in [1.165, 1.54) is 0 Å². The number of hydrogen-bond acceptors (Lipinski definition) is 5. The predicted molar refractivity (Wildman–Crippen MR) is 74.2 cm³/mol. The number of aliphatic hydroxyl groups excluding tert-OH is 2. The standard InChI is InChI=1S/C14H29NO4/c1-2-3-6-18-7-8-19-10-13(17)9-15-11-14(12-16)4-5-14/h13,15-17H,2-12H2,1H3. The molecule has 1 fully saturated rings. The first-order valence-electron chi connectivity index (χ1n) is 7.37. The zero-order valence-electron chi connectivity index (χ0n) is 12.1. The van der Waals surface area contributed by atoms with Crippen molar-refractivity contribution < 1.29 is 19.7 Å². The van der Waals surface area contributed by atoms with Gasteiger partial charge in [0.1, 0.15) is 0 Å². The first-order chi connectivity index (χ1) is 9.22. The minimum atomic E-state index is -0.495. The Balaban J connectivity index is 1.84. The van der Waals surface area contributed by atoms with Gasteiger partial charge in [-0.15, -0.1) is 0 Å². The highest BCUT2D eigenvalue weighted by Gasteiger charge is 2.41. The molecule has 1 rings (SSSR count). The van der Waals surface area contributed by atoms with Crippen LogP contribution >= 0.6 is 0 Å². The van der Waals surface area contributed by atoms with E-state index in [0.29, 0.717) is 26.4 Å². The van der Waals surface area contributed by atoms with Crippen molar-refractivity contribution in [2.75, 3.05) is 46.1 Å². The Bertz CT molecular complexity index is 221. The second-order valence-electron chi connectivity index (χ2n) is 5.48. The monoisotopic (exact) mass is 275 g/mol. The lowest BCUT2D eigenvalue weighted by Crippen LogP contribution is -2.35. The van der Waals surface area contributed by atoms with Crippen LogP contribution in [0.4, 0.5) is 0 Å². The van der Waals surface area contributed by atoms with Gasteiger partial charge in [-0.3, -0.25) is 0 Å². The molecular weight excluding hydrogens is 246 g/mol. The van der Waals surface area contributed by atoms with Crippen LogP contribution in [0.5, 0.6) is 0 Å². The third kappa shape index (κ3) is 7.84. The molecule has 114 valence electrons. The Kier molecular flexibility index (Phi) is 8.57. The number of hydrogen-bond donors (Lipinski definition) is 3. The van der Waals surface area contributed by atoms with Gasteiger partial charge in [-0.2, -0.15) is 0 Å². The van der Waals surface area contributed by atoms with Crippen LogP contribution in [0.3, 0.4) is 0 Å². The smallest absolute Gasteiger partial charge is 0.0897 e. The molecule has 19 heavy (non-hydrogen) atoms. The van der Waals surface area contributed by atoms with Crippen LogP contribution in [0.2, 0.25) is 0 Å². The maximum atomic E-state index is 9.69. The van der Waals surface area contributed by atoms with Crippen molar-refractivity contribution in [1.82, 2.24) is 5.32 Å². The summed E-state index contributed by atoms with van der Waals surface area (Å²) in [6.45, 7) is 5.89. The van der Waals surface area contributed by atoms with E-state index in [2.05, 4.69) is 12.2 Å². The summed E-state index contributed by atoms with van der Waals surface area (Å²) in [7, 11) is 0. The average Bonchev–Trinajstić information content (AvgIpc) is 3.18. The largest absolute Gasteiger partial charge is 0.396 e. The van der Waals surface area contributed by atoms with E-state index in [4.69, 9.17) is 14.6 Å². The van der Waals surface area contributed by atoms with Crippen LogP contribution in [0.1, 0.15) is 32.6 Å². The Morgan fingerprint density at radius 1 is 1.21 bits per heavy atom. The lowest BCUT2D eigenvalue weighted by molar-refractivity contribution is 0.00345. The fraction of sp³-hybridized carbons (Fsp3) is 1.00. The maximum absolute atomic E-state index is 9.69. The van der Waals surface area contributed by atoms with Gasteiger partial charge in [-0.1, -0.05) is 13.3 Å². The molecule has 0 spiro atoms. The molecule has 1 unspecified atom stereocenters. The van der Waals surface area contributed by atoms with Gasteiger partial charge in [0.25, 0.3) is 0 Å². The van der Waals surface area contributed by atoms with Crippen molar-refractivity contribution in [3.05, 3.63) is 0 Å². The molecule has 0 amide bonds. The lowest BCUT2D eigenvalue weighted by Gasteiger charge is -2.16. The van der Waals surface area contributed by atoms with E-state index in [0.717, 1.165) is 38.8 Å². The zero-order chi connectivity index (χ0) is 14.0. The van der Waals surface area contributed by atoms with Gasteiger partial charge in [0, 0.05) is 31.7 Å². The summed E-state index contributed by atoms with van der Waals surface area (Å²) in [6.07, 6.45) is 3.89. The minimum Gasteiger partial charge on any atom is -0.396 e. The molecule has 0 radical (unpaired) electrons. The van der Waals surface area contributed by atoms with Gasteiger partial charge in [0.2, 0.25) is 0 Å². The van der Waals surface area contributed by atoms with Crippen molar-refractivity contribution in [3.8, 4) is 0 Å². The Labute approximate surface area is 116 Å². The summed E-state index contributed by atoms with van der Waals surface area (Å²) < 4.78 is 10.7. The van der Waals surface area contributed by atoms with E-state index in [-0.39, 0.29) is 12.0 Å². The van der Waals surface area contributed by atoms with E-state index in [9.17, 15) is 5.11 Å². The Morgan fingerprint density at radius 2 is 1.95 bits per heavy atom. The summed E-state index contributed by atoms with van der Waals surface area (Å²) in [5.41, 5.74) is 0.0910. The lowest BCUT2D eigenvalue weighted by atomic mass is 10.1. The molecule has 1 aliphatic carbocycles. The van der Waals surface area contributed by atoms with Crippen LogP contribution in [-0.4, -0.2) is 62.4 Å². The number of nitrogens with one attached hydrogen (secondary N) is 1. The van der Waals surface area contributed by atoms with Gasteiger partial charge >= 0.3 is 0 Å². The summed E-state index contributed by atoms with van der Waals surface area (Å²) in [5, 5.41) is 22.0. The van der Waals surface area contributed by atoms with E-state index in [1.54, 1.807) is 0 Å². The minimum absolute atomic E-state index is 0.0910. The van der Waals surface area contributed by atoms with Crippen molar-refractivity contribution in [2.45, 2.75) is 38.7 Å². The Hall–Kier alpha value is -0.200. The number of rotatable bonds is 13. The van der Waals surface area contributed by atoms with Crippen molar-refractivity contribution in [1.29, 1.82) is 0 Å². The fourth-order valence-electron chi connectivity index (χ4n) is 1.82. The summed E-state index contributed by atoms with van der Waals surface area (Å²) in [4.78, 5) is 0. The highest BCUT2D eigenvalue weighted by atomic mass is 16.5. The Morgan fingerprint density at radius 3 is 2.58 bits per heavy atom. The number of ether oxygens (including phenoxy) is 2. The molecule has 0 aromatic rings. The molecule has 5 heteroatoms. The molecule has 0 aliphatic heterocycles. The maximum Gasteiger partial charge on any atom is 0.0897 e. The van der Waals surface area contributed by atoms with Gasteiger partial charge in [-0.05, 0) is 19.3 Å². The first kappa shape index (κ1) is 16.9. The van der Waals surface area contributed by atoms with Gasteiger partial charge in [-0.25, -0.2) is 0 Å². The summed E-state index contributed by atoms with van der Waals surface area (Å²) in [5.74, 6) is 0. The van der Waals surface area contributed by atoms with Crippen molar-refractivity contribution >= 4 is 0 Å². The molecule has 0 saturated heterocycles. The molecule has 5 nitrogen and oxygen atoms in total. The molecule has 3 N–H and O–H groups in total. The van der Waals surface area contributed by atoms with Crippen LogP contribution in [-0.2, 0) is 9.47 Å². The third-order valence-electron chi connectivity index (χ3n) is 3.50. The molecule has 1 atom stereocenters. The molecule has 0 heterocycles. The second-order valence-corrected chi connectivity index (χ2v) is 5.48. The highest BCUT2D eigenvalue weighted by Crippen LogP contribution is 2.44. The van der Waals surface area contributed by atoms with Crippen LogP contribution < -0.4 is 5.32 Å². The van der Waals surface area contributed by atoms with Crippen LogP contribution in [0.15, 0.2) is 0 Å². The van der Waals surface area contributed by atoms with E-state index < -0.39 is 6.10 Å². The molecule has 1 saturated carbocycles. The van der Waals surface area contributed by atoms with E-state index in [1.807, 2.05) is 0 Å². The number of aliphatic hydroxyl groups is 2. The predicted octanol–water partition coefficient (Wildman–Crippen LogP) is 0.543. The molecule has 0 aromatic carbocycles. The van der Waals surface area contributed by atoms with E-state index >= 15 is 0 Å². The topological polar surface area (TPSA) is 71.0 Å². The van der Waals surface area contributed by atoms with Crippen molar-refractivity contribution in [2.24, 2.45) is 5.41 Å². The van der Waals surface area contributed by atoms with Gasteiger partial charge in [0.05, 0.1) is 25.9 Å².